The topological polar surface area (TPSA) is 87.3 Å². The van der Waals surface area contributed by atoms with Crippen molar-refractivity contribution in [3.05, 3.63) is 89.9 Å². The first-order chi connectivity index (χ1) is 19.0. The first-order valence-electron chi connectivity index (χ1n) is 13.8. The fraction of sp³-hybridized carbons (Fsp3) is 0.364. The summed E-state index contributed by atoms with van der Waals surface area (Å²) in [5.74, 6) is 0.822. The molecule has 0 aliphatic heterocycles. The Kier molecular flexibility index (Phi) is 7.17. The zero-order chi connectivity index (χ0) is 28.7. The Morgan fingerprint density at radius 1 is 1.07 bits per heavy atom. The number of nitrogens with zero attached hydrogens (tertiary/aromatic N) is 2. The molecule has 2 unspecified atom stereocenters. The fourth-order valence-corrected chi connectivity index (χ4v) is 6.05. The summed E-state index contributed by atoms with van der Waals surface area (Å²) in [5.41, 5.74) is 3.94. The second-order valence-corrected chi connectivity index (χ2v) is 11.9. The van der Waals surface area contributed by atoms with Crippen LogP contribution < -0.4 is 10.1 Å². The van der Waals surface area contributed by atoms with E-state index in [1.165, 1.54) is 10.9 Å². The number of carbonyl (C=O) groups excluding carboxylic acids is 2. The number of amides is 2. The lowest BCUT2D eigenvalue weighted by molar-refractivity contribution is -0.145. The van der Waals surface area contributed by atoms with Gasteiger partial charge in [0.2, 0.25) is 11.8 Å². The molecule has 1 saturated carbocycles. The van der Waals surface area contributed by atoms with Gasteiger partial charge in [0.25, 0.3) is 0 Å². The van der Waals surface area contributed by atoms with Gasteiger partial charge in [-0.1, -0.05) is 38.1 Å². The van der Waals surface area contributed by atoms with E-state index < -0.39 is 5.54 Å². The molecule has 2 amide bonds. The highest BCUT2D eigenvalue weighted by molar-refractivity contribution is 6.00. The number of hydrogen-bond acceptors (Lipinski definition) is 4. The predicted octanol–water partition coefficient (Wildman–Crippen LogP) is 6.46. The Balaban J connectivity index is 1.40. The van der Waals surface area contributed by atoms with Gasteiger partial charge in [-0.3, -0.25) is 14.6 Å². The molecule has 4 aromatic rings. The van der Waals surface area contributed by atoms with Gasteiger partial charge in [-0.05, 0) is 85.5 Å². The van der Waals surface area contributed by atoms with Crippen molar-refractivity contribution < 1.29 is 14.3 Å². The van der Waals surface area contributed by atoms with E-state index in [4.69, 9.17) is 4.74 Å². The van der Waals surface area contributed by atoms with Gasteiger partial charge in [-0.15, -0.1) is 0 Å². The first kappa shape index (κ1) is 27.4. The molecule has 5 rings (SSSR count). The van der Waals surface area contributed by atoms with E-state index in [0.29, 0.717) is 24.4 Å². The third-order valence-corrected chi connectivity index (χ3v) is 8.64. The zero-order valence-electron chi connectivity index (χ0n) is 24.1. The number of hydrogen-bond donors (Lipinski definition) is 2. The number of pyridine rings is 1. The number of rotatable bonds is 9. The molecule has 1 fully saturated rings. The van der Waals surface area contributed by atoms with Crippen molar-refractivity contribution in [1.82, 2.24) is 14.9 Å². The highest BCUT2D eigenvalue weighted by Gasteiger charge is 2.60. The van der Waals surface area contributed by atoms with E-state index in [0.717, 1.165) is 16.8 Å². The molecular weight excluding hydrogens is 500 g/mol. The molecule has 0 spiro atoms. The van der Waals surface area contributed by atoms with Crippen LogP contribution in [0.3, 0.4) is 0 Å². The number of aromatic nitrogens is 2. The Bertz CT molecular complexity index is 1520. The molecule has 2 N–H and O–H groups in total. The molecule has 0 radical (unpaired) electrons. The largest absolute Gasteiger partial charge is 0.497 e. The van der Waals surface area contributed by atoms with Crippen molar-refractivity contribution in [2.45, 2.75) is 59.0 Å². The van der Waals surface area contributed by atoms with E-state index >= 15 is 0 Å². The van der Waals surface area contributed by atoms with Gasteiger partial charge < -0.3 is 19.9 Å². The van der Waals surface area contributed by atoms with Crippen molar-refractivity contribution in [3.63, 3.8) is 0 Å². The van der Waals surface area contributed by atoms with Crippen LogP contribution in [0.2, 0.25) is 0 Å². The summed E-state index contributed by atoms with van der Waals surface area (Å²) in [6, 6.07) is 19.3. The van der Waals surface area contributed by atoms with Crippen LogP contribution in [0, 0.1) is 18.3 Å². The summed E-state index contributed by atoms with van der Waals surface area (Å²) >= 11 is 0. The van der Waals surface area contributed by atoms with Gasteiger partial charge in [-0.25, -0.2) is 0 Å². The predicted molar refractivity (Wildman–Crippen MR) is 158 cm³/mol. The van der Waals surface area contributed by atoms with Gasteiger partial charge in [0, 0.05) is 47.6 Å². The molecule has 1 aliphatic carbocycles. The average Bonchev–Trinajstić information content (AvgIpc) is 3.29. The van der Waals surface area contributed by atoms with Gasteiger partial charge >= 0.3 is 0 Å². The van der Waals surface area contributed by atoms with Crippen LogP contribution >= 0.6 is 0 Å². The van der Waals surface area contributed by atoms with E-state index in [1.54, 1.807) is 62.5 Å². The van der Waals surface area contributed by atoms with Crippen molar-refractivity contribution in [1.29, 1.82) is 0 Å². The number of carbonyl (C=O) groups is 2. The van der Waals surface area contributed by atoms with Crippen molar-refractivity contribution >= 4 is 28.4 Å². The van der Waals surface area contributed by atoms with E-state index in [-0.39, 0.29) is 29.1 Å². The Morgan fingerprint density at radius 3 is 2.48 bits per heavy atom. The van der Waals surface area contributed by atoms with Crippen molar-refractivity contribution in [3.8, 4) is 5.75 Å². The summed E-state index contributed by atoms with van der Waals surface area (Å²) in [6.45, 7) is 10.5. The number of para-hydroxylation sites is 1. The SMILES string of the molecule is COc1ccc(NC(=O)C(C)(C)N(Cc2cccnc2)C(=O)CC2C(c3c(C)[nH]c4ccccc34)C2(C)C)cc1. The lowest BCUT2D eigenvalue weighted by Gasteiger charge is -2.37. The van der Waals surface area contributed by atoms with E-state index in [2.05, 4.69) is 54.3 Å². The summed E-state index contributed by atoms with van der Waals surface area (Å²) < 4.78 is 5.23. The Labute approximate surface area is 236 Å². The Morgan fingerprint density at radius 2 is 1.80 bits per heavy atom. The normalized spacial score (nSPS) is 17.9. The van der Waals surface area contributed by atoms with Crippen molar-refractivity contribution in [2.24, 2.45) is 11.3 Å². The molecule has 0 bridgehead atoms. The maximum atomic E-state index is 14.1. The molecule has 0 saturated heterocycles. The molecule has 40 heavy (non-hydrogen) atoms. The van der Waals surface area contributed by atoms with Crippen LogP contribution in [0.1, 0.15) is 56.9 Å². The number of methoxy groups -OCH3 is 1. The number of aromatic amines is 1. The fourth-order valence-electron chi connectivity index (χ4n) is 6.05. The van der Waals surface area contributed by atoms with Crippen LogP contribution in [0.25, 0.3) is 10.9 Å². The summed E-state index contributed by atoms with van der Waals surface area (Å²) in [4.78, 5) is 37.2. The highest BCUT2D eigenvalue weighted by Crippen LogP contribution is 2.67. The minimum atomic E-state index is -1.11. The van der Waals surface area contributed by atoms with Crippen LogP contribution in [0.5, 0.6) is 5.75 Å². The number of H-pyrrole nitrogens is 1. The van der Waals surface area contributed by atoms with E-state index in [9.17, 15) is 9.59 Å². The number of ether oxygens (including phenoxy) is 1. The van der Waals surface area contributed by atoms with Crippen molar-refractivity contribution in [2.75, 3.05) is 12.4 Å². The standard InChI is InChI=1S/C33H38N4O3/c1-21-29(25-11-7-8-12-27(25)35-21)30-26(32(30,2)3)18-28(38)37(20-22-10-9-17-34-19-22)33(4,5)31(39)36-23-13-15-24(40-6)16-14-23/h7-17,19,26,30,35H,18,20H2,1-6H3,(H,36,39). The van der Waals surface area contributed by atoms with Crippen LogP contribution in [-0.2, 0) is 16.1 Å². The molecule has 2 aromatic carbocycles. The smallest absolute Gasteiger partial charge is 0.249 e. The summed E-state index contributed by atoms with van der Waals surface area (Å²) in [5, 5.41) is 4.21. The zero-order valence-corrected chi connectivity index (χ0v) is 24.1. The highest BCUT2D eigenvalue weighted by atomic mass is 16.5. The second kappa shape index (κ2) is 10.5. The third-order valence-electron chi connectivity index (χ3n) is 8.64. The maximum absolute atomic E-state index is 14.1. The number of benzene rings is 2. The monoisotopic (exact) mass is 538 g/mol. The minimum absolute atomic E-state index is 0.0408. The molecular formula is C33H38N4O3. The molecule has 1 aliphatic rings. The molecule has 7 heteroatoms. The lowest BCUT2D eigenvalue weighted by Crippen LogP contribution is -2.54. The van der Waals surface area contributed by atoms with Gasteiger partial charge in [0.05, 0.1) is 7.11 Å². The lowest BCUT2D eigenvalue weighted by atomic mass is 9.98. The van der Waals surface area contributed by atoms with Gasteiger partial charge in [0.1, 0.15) is 11.3 Å². The number of fused-ring (bicyclic) bond motifs is 1. The molecule has 2 aromatic heterocycles. The molecule has 2 atom stereocenters. The first-order valence-corrected chi connectivity index (χ1v) is 13.8. The number of aryl methyl sites for hydroxylation is 1. The Hall–Kier alpha value is -4.13. The molecule has 208 valence electrons. The van der Waals surface area contributed by atoms with Gasteiger partial charge in [0.15, 0.2) is 0 Å². The second-order valence-electron chi connectivity index (χ2n) is 11.9. The third kappa shape index (κ3) is 5.08. The maximum Gasteiger partial charge on any atom is 0.249 e. The minimum Gasteiger partial charge on any atom is -0.497 e. The van der Waals surface area contributed by atoms with Gasteiger partial charge in [-0.2, -0.15) is 0 Å². The van der Waals surface area contributed by atoms with Crippen LogP contribution in [-0.4, -0.2) is 39.3 Å². The average molecular weight is 539 g/mol. The summed E-state index contributed by atoms with van der Waals surface area (Å²) in [7, 11) is 1.60. The molecule has 7 nitrogen and oxygen atoms in total. The molecule has 2 heterocycles. The van der Waals surface area contributed by atoms with Crippen LogP contribution in [0.15, 0.2) is 73.1 Å². The summed E-state index contributed by atoms with van der Waals surface area (Å²) in [6.07, 6.45) is 3.81. The quantitative estimate of drug-likeness (QED) is 0.256. The van der Waals surface area contributed by atoms with E-state index in [1.807, 2.05) is 18.2 Å². The number of nitrogens with one attached hydrogen (secondary N) is 2. The van der Waals surface area contributed by atoms with Crippen LogP contribution in [0.4, 0.5) is 5.69 Å². The number of anilines is 1.